The SMILES string of the molecule is CCCCCCCCCCCCCC(CCCCCC(O)CCCC)S(=O)(=O)[O-].[K+]. The van der Waals surface area contributed by atoms with Crippen LogP contribution in [0, 0.1) is 0 Å². The Morgan fingerprint density at radius 3 is 1.37 bits per heavy atom. The summed E-state index contributed by atoms with van der Waals surface area (Å²) >= 11 is 0. The number of unbranched alkanes of at least 4 members (excludes halogenated alkanes) is 13. The van der Waals surface area contributed by atoms with Gasteiger partial charge in [0.1, 0.15) is 0 Å². The second-order valence-electron chi connectivity index (χ2n) is 8.87. The summed E-state index contributed by atoms with van der Waals surface area (Å²) in [6.07, 6.45) is 20.7. The van der Waals surface area contributed by atoms with Crippen LogP contribution in [0.15, 0.2) is 0 Å². The van der Waals surface area contributed by atoms with Gasteiger partial charge in [-0.1, -0.05) is 117 Å². The van der Waals surface area contributed by atoms with Crippen molar-refractivity contribution >= 4 is 10.1 Å². The van der Waals surface area contributed by atoms with Gasteiger partial charge in [0, 0.05) is 5.25 Å². The zero-order chi connectivity index (χ0) is 21.8. The van der Waals surface area contributed by atoms with E-state index in [9.17, 15) is 18.1 Å². The summed E-state index contributed by atoms with van der Waals surface area (Å²) in [5.74, 6) is 0. The molecule has 0 rings (SSSR count). The minimum atomic E-state index is -4.19. The fourth-order valence-electron chi connectivity index (χ4n) is 3.98. The molecule has 2 atom stereocenters. The van der Waals surface area contributed by atoms with E-state index in [4.69, 9.17) is 0 Å². The fourth-order valence-corrected chi connectivity index (χ4v) is 4.89. The Labute approximate surface area is 230 Å². The van der Waals surface area contributed by atoms with Crippen molar-refractivity contribution in [3.63, 3.8) is 0 Å². The van der Waals surface area contributed by atoms with E-state index in [-0.39, 0.29) is 57.5 Å². The molecule has 0 aliphatic carbocycles. The van der Waals surface area contributed by atoms with E-state index in [1.807, 2.05) is 0 Å². The van der Waals surface area contributed by atoms with Gasteiger partial charge in [0.05, 0.1) is 16.2 Å². The first-order valence-electron chi connectivity index (χ1n) is 12.5. The summed E-state index contributed by atoms with van der Waals surface area (Å²) < 4.78 is 34.6. The van der Waals surface area contributed by atoms with E-state index in [1.165, 1.54) is 51.4 Å². The summed E-state index contributed by atoms with van der Waals surface area (Å²) in [5.41, 5.74) is 0. The Bertz CT molecular complexity index is 442. The van der Waals surface area contributed by atoms with Crippen molar-refractivity contribution in [3.05, 3.63) is 0 Å². The first-order valence-corrected chi connectivity index (χ1v) is 14.0. The van der Waals surface area contributed by atoms with Gasteiger partial charge in [-0.3, -0.25) is 0 Å². The monoisotopic (exact) mass is 472 g/mol. The van der Waals surface area contributed by atoms with Crippen LogP contribution in [0.1, 0.15) is 142 Å². The molecule has 0 radical (unpaired) electrons. The average Bonchev–Trinajstić information content (AvgIpc) is 2.67. The van der Waals surface area contributed by atoms with Crippen LogP contribution in [0.5, 0.6) is 0 Å². The van der Waals surface area contributed by atoms with Gasteiger partial charge in [-0.05, 0) is 25.7 Å². The van der Waals surface area contributed by atoms with Gasteiger partial charge in [-0.15, -0.1) is 0 Å². The zero-order valence-corrected chi connectivity index (χ0v) is 24.3. The van der Waals surface area contributed by atoms with Crippen LogP contribution in [-0.2, 0) is 10.1 Å². The molecule has 2 unspecified atom stereocenters. The Hall–Kier alpha value is 1.51. The molecular formula is C24H49KO4S. The third-order valence-electron chi connectivity index (χ3n) is 5.99. The molecule has 0 heterocycles. The molecule has 0 amide bonds. The zero-order valence-electron chi connectivity index (χ0n) is 20.4. The summed E-state index contributed by atoms with van der Waals surface area (Å²) in [5, 5.41) is 9.12. The van der Waals surface area contributed by atoms with Crippen LogP contribution in [0.2, 0.25) is 0 Å². The second kappa shape index (κ2) is 23.7. The third-order valence-corrected chi connectivity index (χ3v) is 7.28. The van der Waals surface area contributed by atoms with Crippen molar-refractivity contribution in [1.29, 1.82) is 0 Å². The molecule has 0 aromatic heterocycles. The van der Waals surface area contributed by atoms with E-state index < -0.39 is 15.4 Å². The van der Waals surface area contributed by atoms with Crippen LogP contribution in [0.25, 0.3) is 0 Å². The van der Waals surface area contributed by atoms with Crippen molar-refractivity contribution in [2.24, 2.45) is 0 Å². The van der Waals surface area contributed by atoms with E-state index in [0.717, 1.165) is 64.2 Å². The maximum absolute atomic E-state index is 11.5. The summed E-state index contributed by atoms with van der Waals surface area (Å²) in [4.78, 5) is 0. The van der Waals surface area contributed by atoms with Crippen molar-refractivity contribution in [1.82, 2.24) is 0 Å². The first-order chi connectivity index (χ1) is 13.9. The molecule has 0 aliphatic heterocycles. The summed E-state index contributed by atoms with van der Waals surface area (Å²) in [7, 11) is -4.19. The predicted octanol–water partition coefficient (Wildman–Crippen LogP) is 4.11. The number of rotatable bonds is 22. The van der Waals surface area contributed by atoms with Gasteiger partial charge in [0.15, 0.2) is 0 Å². The van der Waals surface area contributed by atoms with Crippen LogP contribution >= 0.6 is 0 Å². The second-order valence-corrected chi connectivity index (χ2v) is 10.5. The van der Waals surface area contributed by atoms with Crippen LogP contribution in [0.4, 0.5) is 0 Å². The molecule has 4 nitrogen and oxygen atoms in total. The van der Waals surface area contributed by atoms with Gasteiger partial charge in [-0.25, -0.2) is 8.42 Å². The van der Waals surface area contributed by atoms with Crippen LogP contribution in [0.3, 0.4) is 0 Å². The van der Waals surface area contributed by atoms with Gasteiger partial charge >= 0.3 is 51.4 Å². The number of aliphatic hydroxyl groups excluding tert-OH is 1. The number of aliphatic hydroxyl groups is 1. The molecule has 176 valence electrons. The maximum atomic E-state index is 11.5. The molecule has 0 spiro atoms. The molecule has 0 fully saturated rings. The molecule has 30 heavy (non-hydrogen) atoms. The predicted molar refractivity (Wildman–Crippen MR) is 123 cm³/mol. The Balaban J connectivity index is 0. The maximum Gasteiger partial charge on any atom is 1.00 e. The average molecular weight is 473 g/mol. The van der Waals surface area contributed by atoms with Gasteiger partial charge in [-0.2, -0.15) is 0 Å². The molecule has 0 aromatic carbocycles. The van der Waals surface area contributed by atoms with Crippen molar-refractivity contribution in [2.75, 3.05) is 0 Å². The van der Waals surface area contributed by atoms with Crippen molar-refractivity contribution in [3.8, 4) is 0 Å². The van der Waals surface area contributed by atoms with Crippen LogP contribution in [-0.4, -0.2) is 29.4 Å². The topological polar surface area (TPSA) is 77.4 Å². The molecular weight excluding hydrogens is 423 g/mol. The smallest absolute Gasteiger partial charge is 0.748 e. The molecule has 0 aliphatic rings. The summed E-state index contributed by atoms with van der Waals surface area (Å²) in [6, 6.07) is 0. The molecule has 0 saturated carbocycles. The van der Waals surface area contributed by atoms with E-state index in [2.05, 4.69) is 13.8 Å². The third kappa shape index (κ3) is 22.7. The van der Waals surface area contributed by atoms with Crippen LogP contribution < -0.4 is 51.4 Å². The Kier molecular flexibility index (Phi) is 26.6. The molecule has 1 N–H and O–H groups in total. The quantitative estimate of drug-likeness (QED) is 0.146. The minimum Gasteiger partial charge on any atom is -0.748 e. The minimum absolute atomic E-state index is 0. The van der Waals surface area contributed by atoms with Gasteiger partial charge < -0.3 is 9.66 Å². The Morgan fingerprint density at radius 1 is 0.600 bits per heavy atom. The van der Waals surface area contributed by atoms with E-state index in [0.29, 0.717) is 12.8 Å². The fraction of sp³-hybridized carbons (Fsp3) is 1.00. The first kappa shape index (κ1) is 33.7. The van der Waals surface area contributed by atoms with E-state index >= 15 is 0 Å². The number of hydrogen-bond acceptors (Lipinski definition) is 4. The van der Waals surface area contributed by atoms with Gasteiger partial charge in [0.2, 0.25) is 0 Å². The Morgan fingerprint density at radius 2 is 0.933 bits per heavy atom. The van der Waals surface area contributed by atoms with E-state index in [1.54, 1.807) is 0 Å². The molecule has 6 heteroatoms. The standard InChI is InChI=1S/C24H50O4S.K/c1-3-5-7-8-9-10-11-12-13-14-17-21-24(29(26,27)28)22-18-15-16-20-23(25)19-6-4-2;/h23-25H,3-22H2,1-2H3,(H,26,27,28);/q;+1/p-1. The number of hydrogen-bond donors (Lipinski definition) is 1. The summed E-state index contributed by atoms with van der Waals surface area (Å²) in [6.45, 7) is 4.36. The molecule has 0 bridgehead atoms. The van der Waals surface area contributed by atoms with Gasteiger partial charge in [0.25, 0.3) is 0 Å². The van der Waals surface area contributed by atoms with Crippen molar-refractivity contribution < 1.29 is 69.5 Å². The largest absolute Gasteiger partial charge is 1.00 e. The molecule has 0 saturated heterocycles. The normalized spacial score (nSPS) is 13.7. The molecule has 0 aromatic rings. The van der Waals surface area contributed by atoms with Crippen molar-refractivity contribution in [2.45, 2.75) is 154 Å².